The number of nitrogens with zero attached hydrogens (tertiary/aromatic N) is 1. The predicted molar refractivity (Wildman–Crippen MR) is 88.7 cm³/mol. The molecule has 2 atom stereocenters. The molecule has 1 heterocycles. The molecule has 0 aromatic heterocycles. The number of sulfonamides is 1. The van der Waals surface area contributed by atoms with Crippen LogP contribution in [0.3, 0.4) is 0 Å². The lowest BCUT2D eigenvalue weighted by molar-refractivity contribution is 0.356. The molecule has 1 aliphatic rings. The fourth-order valence-electron chi connectivity index (χ4n) is 3.24. The maximum atomic E-state index is 12.9. The summed E-state index contributed by atoms with van der Waals surface area (Å²) in [7, 11) is -3.31. The highest BCUT2D eigenvalue weighted by Gasteiger charge is 2.39. The Hall–Kier alpha value is -1.65. The Balaban J connectivity index is 1.89. The molecule has 3 rings (SSSR count). The first kappa shape index (κ1) is 15.3. The highest BCUT2D eigenvalue weighted by atomic mass is 32.2. The van der Waals surface area contributed by atoms with Gasteiger partial charge in [-0.15, -0.1) is 0 Å². The van der Waals surface area contributed by atoms with Gasteiger partial charge in [0.15, 0.2) is 0 Å². The molecule has 0 spiro atoms. The molecule has 1 fully saturated rings. The van der Waals surface area contributed by atoms with Crippen molar-refractivity contribution in [2.24, 2.45) is 5.92 Å². The molecule has 0 saturated carbocycles. The van der Waals surface area contributed by atoms with Crippen molar-refractivity contribution in [2.45, 2.75) is 25.1 Å². The van der Waals surface area contributed by atoms with Crippen LogP contribution in [0.25, 0.3) is 0 Å². The Kier molecular flexibility index (Phi) is 4.32. The molecule has 116 valence electrons. The molecule has 1 saturated heterocycles. The van der Waals surface area contributed by atoms with Crippen LogP contribution in [0.15, 0.2) is 60.7 Å². The molecule has 0 amide bonds. The molecule has 0 unspecified atom stereocenters. The molecule has 0 radical (unpaired) electrons. The highest BCUT2D eigenvalue weighted by Crippen LogP contribution is 2.39. The van der Waals surface area contributed by atoms with Crippen LogP contribution in [0.2, 0.25) is 0 Å². The molecule has 1 aliphatic heterocycles. The topological polar surface area (TPSA) is 37.4 Å². The summed E-state index contributed by atoms with van der Waals surface area (Å²) >= 11 is 0. The van der Waals surface area contributed by atoms with E-state index in [1.54, 1.807) is 4.31 Å². The van der Waals surface area contributed by atoms with E-state index in [9.17, 15) is 8.42 Å². The maximum Gasteiger partial charge on any atom is 0.218 e. The molecule has 0 bridgehead atoms. The van der Waals surface area contributed by atoms with Crippen molar-refractivity contribution < 1.29 is 8.42 Å². The zero-order chi connectivity index (χ0) is 15.6. The predicted octanol–water partition coefficient (Wildman–Crippen LogP) is 3.60. The summed E-state index contributed by atoms with van der Waals surface area (Å²) in [5, 5.41) is 0. The minimum Gasteiger partial charge on any atom is -0.212 e. The van der Waals surface area contributed by atoms with Gasteiger partial charge in [0, 0.05) is 6.54 Å². The number of hydrogen-bond acceptors (Lipinski definition) is 2. The zero-order valence-electron chi connectivity index (χ0n) is 12.7. The van der Waals surface area contributed by atoms with Crippen LogP contribution in [0.5, 0.6) is 0 Å². The van der Waals surface area contributed by atoms with Crippen molar-refractivity contribution in [2.75, 3.05) is 6.54 Å². The zero-order valence-corrected chi connectivity index (χ0v) is 13.5. The first-order valence-corrected chi connectivity index (χ1v) is 9.27. The molecular formula is C18H21NO2S. The van der Waals surface area contributed by atoms with Gasteiger partial charge >= 0.3 is 0 Å². The van der Waals surface area contributed by atoms with E-state index in [-0.39, 0.29) is 11.8 Å². The monoisotopic (exact) mass is 315 g/mol. The van der Waals surface area contributed by atoms with Crippen LogP contribution in [0.4, 0.5) is 0 Å². The second kappa shape index (κ2) is 6.23. The van der Waals surface area contributed by atoms with Gasteiger partial charge in [-0.1, -0.05) is 67.6 Å². The van der Waals surface area contributed by atoms with E-state index in [4.69, 9.17) is 0 Å². The lowest BCUT2D eigenvalue weighted by atomic mass is 9.96. The van der Waals surface area contributed by atoms with E-state index < -0.39 is 10.0 Å². The molecule has 2 aromatic rings. The summed E-state index contributed by atoms with van der Waals surface area (Å²) in [5.41, 5.74) is 1.93. The summed E-state index contributed by atoms with van der Waals surface area (Å²) in [4.78, 5) is 0. The van der Waals surface area contributed by atoms with E-state index in [1.807, 2.05) is 60.7 Å². The lowest BCUT2D eigenvalue weighted by Crippen LogP contribution is -2.32. The van der Waals surface area contributed by atoms with Crippen LogP contribution in [-0.2, 0) is 15.8 Å². The minimum atomic E-state index is -3.31. The van der Waals surface area contributed by atoms with Crippen molar-refractivity contribution in [3.05, 3.63) is 71.8 Å². The summed E-state index contributed by atoms with van der Waals surface area (Å²) in [6.45, 7) is 2.74. The standard InChI is InChI=1S/C18H21NO2S/c1-15-12-13-19(18(15)17-10-6-3-7-11-17)22(20,21)14-16-8-4-2-5-9-16/h2-11,15,18H,12-14H2,1H3/t15-,18+/m0/s1. The normalized spacial score (nSPS) is 22.8. The van der Waals surface area contributed by atoms with Crippen molar-refractivity contribution >= 4 is 10.0 Å². The Morgan fingerprint density at radius 2 is 1.59 bits per heavy atom. The van der Waals surface area contributed by atoms with Gasteiger partial charge < -0.3 is 0 Å². The third-order valence-corrected chi connectivity index (χ3v) is 6.17. The maximum absolute atomic E-state index is 12.9. The molecule has 22 heavy (non-hydrogen) atoms. The summed E-state index contributed by atoms with van der Waals surface area (Å²) < 4.78 is 27.4. The molecule has 3 nitrogen and oxygen atoms in total. The Bertz CT molecular complexity index is 713. The Labute approximate surface area is 132 Å². The fraction of sp³-hybridized carbons (Fsp3) is 0.333. The third-order valence-electron chi connectivity index (χ3n) is 4.34. The van der Waals surface area contributed by atoms with Gasteiger partial charge in [-0.25, -0.2) is 8.42 Å². The van der Waals surface area contributed by atoms with Crippen LogP contribution < -0.4 is 0 Å². The third kappa shape index (κ3) is 3.08. The van der Waals surface area contributed by atoms with Crippen LogP contribution in [-0.4, -0.2) is 19.3 Å². The first-order chi connectivity index (χ1) is 10.6. The van der Waals surface area contributed by atoms with Crippen molar-refractivity contribution in [1.82, 2.24) is 4.31 Å². The van der Waals surface area contributed by atoms with Gasteiger partial charge in [0.05, 0.1) is 11.8 Å². The van der Waals surface area contributed by atoms with Crippen molar-refractivity contribution in [3.63, 3.8) is 0 Å². The highest BCUT2D eigenvalue weighted by molar-refractivity contribution is 7.88. The summed E-state index contributed by atoms with van der Waals surface area (Å²) in [6, 6.07) is 19.3. The minimum absolute atomic E-state index is 0.0464. The molecule has 0 N–H and O–H groups in total. The van der Waals surface area contributed by atoms with Gasteiger partial charge in [0.1, 0.15) is 0 Å². The Morgan fingerprint density at radius 1 is 1.00 bits per heavy atom. The average Bonchev–Trinajstić information content (AvgIpc) is 2.91. The second-order valence-electron chi connectivity index (χ2n) is 5.97. The molecule has 0 aliphatic carbocycles. The van der Waals surface area contributed by atoms with Gasteiger partial charge in [0.25, 0.3) is 0 Å². The van der Waals surface area contributed by atoms with Gasteiger partial charge in [0.2, 0.25) is 10.0 Å². The SMILES string of the molecule is C[C@H]1CCN(S(=O)(=O)Cc2ccccc2)[C@H]1c1ccccc1. The largest absolute Gasteiger partial charge is 0.218 e. The smallest absolute Gasteiger partial charge is 0.212 e. The van der Waals surface area contributed by atoms with Crippen LogP contribution in [0, 0.1) is 5.92 Å². The molecule has 2 aromatic carbocycles. The van der Waals surface area contributed by atoms with Gasteiger partial charge in [-0.05, 0) is 23.5 Å². The lowest BCUT2D eigenvalue weighted by Gasteiger charge is -2.27. The van der Waals surface area contributed by atoms with Gasteiger partial charge in [-0.2, -0.15) is 4.31 Å². The van der Waals surface area contributed by atoms with Crippen molar-refractivity contribution in [1.29, 1.82) is 0 Å². The summed E-state index contributed by atoms with van der Waals surface area (Å²) in [6.07, 6.45) is 0.910. The van der Waals surface area contributed by atoms with Gasteiger partial charge in [-0.3, -0.25) is 0 Å². The van der Waals surface area contributed by atoms with E-state index in [0.717, 1.165) is 17.5 Å². The average molecular weight is 315 g/mol. The quantitative estimate of drug-likeness (QED) is 0.864. The Morgan fingerprint density at radius 3 is 2.23 bits per heavy atom. The van der Waals surface area contributed by atoms with E-state index in [1.165, 1.54) is 0 Å². The number of benzene rings is 2. The van der Waals surface area contributed by atoms with E-state index in [0.29, 0.717) is 12.5 Å². The van der Waals surface area contributed by atoms with Crippen LogP contribution in [0.1, 0.15) is 30.5 Å². The molecular weight excluding hydrogens is 294 g/mol. The number of rotatable bonds is 4. The fourth-order valence-corrected chi connectivity index (χ4v) is 5.08. The number of hydrogen-bond donors (Lipinski definition) is 0. The van der Waals surface area contributed by atoms with Crippen LogP contribution >= 0.6 is 0 Å². The first-order valence-electron chi connectivity index (χ1n) is 7.66. The molecule has 4 heteroatoms. The van der Waals surface area contributed by atoms with E-state index >= 15 is 0 Å². The second-order valence-corrected chi connectivity index (χ2v) is 7.90. The van der Waals surface area contributed by atoms with E-state index in [2.05, 4.69) is 6.92 Å². The van der Waals surface area contributed by atoms with Crippen molar-refractivity contribution in [3.8, 4) is 0 Å². The summed E-state index contributed by atoms with van der Waals surface area (Å²) in [5.74, 6) is 0.414.